The third-order valence-electron chi connectivity index (χ3n) is 4.98. The monoisotopic (exact) mass is 559 g/mol. The van der Waals surface area contributed by atoms with Gasteiger partial charge in [-0.3, -0.25) is 4.79 Å². The van der Waals surface area contributed by atoms with Crippen molar-refractivity contribution in [2.45, 2.75) is 32.1 Å². The van der Waals surface area contributed by atoms with Crippen LogP contribution in [0.1, 0.15) is 25.1 Å². The molecular weight excluding hydrogens is 533 g/mol. The second-order valence-corrected chi connectivity index (χ2v) is 8.56. The first-order chi connectivity index (χ1) is 12.9. The molecule has 0 bridgehead atoms. The molecule has 7 nitrogen and oxygen atoms in total. The quantitative estimate of drug-likeness (QED) is 0.249. The van der Waals surface area contributed by atoms with Gasteiger partial charge < -0.3 is 28.3 Å². The van der Waals surface area contributed by atoms with Gasteiger partial charge in [0, 0.05) is 43.4 Å². The molecule has 0 aliphatic carbocycles. The Labute approximate surface area is 181 Å². The highest BCUT2D eigenvalue weighted by Gasteiger charge is 2.49. The first-order valence-electron chi connectivity index (χ1n) is 8.68. The van der Waals surface area contributed by atoms with Gasteiger partial charge >= 0.3 is 0 Å². The van der Waals surface area contributed by atoms with Crippen LogP contribution >= 0.6 is 38.5 Å². The van der Waals surface area contributed by atoms with E-state index in [1.807, 2.05) is 4.57 Å². The lowest BCUT2D eigenvalue weighted by Crippen LogP contribution is -2.50. The number of pyridine rings is 1. The number of aromatic nitrogens is 1. The number of hydrogen-bond acceptors (Lipinski definition) is 6. The van der Waals surface area contributed by atoms with Gasteiger partial charge in [-0.2, -0.15) is 0 Å². The highest BCUT2D eigenvalue weighted by atomic mass is 127. The van der Waals surface area contributed by atoms with Crippen LogP contribution in [-0.2, 0) is 25.5 Å². The van der Waals surface area contributed by atoms with E-state index in [2.05, 4.69) is 45.4 Å². The van der Waals surface area contributed by atoms with Crippen molar-refractivity contribution in [3.63, 3.8) is 0 Å². The number of methoxy groups -OCH3 is 3. The van der Waals surface area contributed by atoms with Crippen LogP contribution in [0, 0.1) is 5.41 Å². The maximum atomic E-state index is 12.6. The Balaban J connectivity index is 2.62. The Bertz CT molecular complexity index is 685. The van der Waals surface area contributed by atoms with Crippen molar-refractivity contribution in [1.82, 2.24) is 4.57 Å². The first kappa shape index (κ1) is 23.1. The predicted molar refractivity (Wildman–Crippen MR) is 114 cm³/mol. The number of fused-ring (bicyclic) bond motifs is 1. The van der Waals surface area contributed by atoms with Crippen LogP contribution in [0.4, 0.5) is 0 Å². The normalized spacial score (nSPS) is 24.7. The summed E-state index contributed by atoms with van der Waals surface area (Å²) in [5, 5.41) is 0. The highest BCUT2D eigenvalue weighted by molar-refractivity contribution is 14.1. The number of hydrogen-bond donors (Lipinski definition) is 0. The van der Waals surface area contributed by atoms with E-state index in [1.54, 1.807) is 20.4 Å². The number of alkyl halides is 1. The molecule has 0 saturated carbocycles. The maximum Gasteiger partial charge on any atom is 0.237 e. The summed E-state index contributed by atoms with van der Waals surface area (Å²) < 4.78 is 31.7. The van der Waals surface area contributed by atoms with Gasteiger partial charge in [-0.15, -0.1) is 0 Å². The van der Waals surface area contributed by atoms with Crippen LogP contribution < -0.4 is 10.2 Å². The Hall–Kier alpha value is -0.200. The third kappa shape index (κ3) is 4.87. The molecule has 0 amide bonds. The number of halogens is 2. The van der Waals surface area contributed by atoms with E-state index in [0.717, 1.165) is 4.43 Å². The summed E-state index contributed by atoms with van der Waals surface area (Å²) in [6, 6.07) is 0. The molecule has 0 radical (unpaired) electrons. The van der Waals surface area contributed by atoms with E-state index in [0.29, 0.717) is 36.3 Å². The van der Waals surface area contributed by atoms with Crippen LogP contribution in [0.2, 0.25) is 0 Å². The zero-order chi connectivity index (χ0) is 20.0. The van der Waals surface area contributed by atoms with Gasteiger partial charge in [0.05, 0.1) is 30.0 Å². The average Bonchev–Trinajstić information content (AvgIpc) is 2.66. The fourth-order valence-electron chi connectivity index (χ4n) is 3.56. The molecular formula is C18H27BrINO6. The second kappa shape index (κ2) is 10.5. The highest BCUT2D eigenvalue weighted by Crippen LogP contribution is 2.49. The Kier molecular flexibility index (Phi) is 9.01. The summed E-state index contributed by atoms with van der Waals surface area (Å²) in [5.41, 5.74) is 0.0830. The standard InChI is InChI=1S/C18H27BrINO6/c1-18(5-7-23-2)13(26-8-6-20)10-21-9-12(19)15(22)16(25-4)14(21)17(18)27-11-24-3/h9,13,17H,5-8,10-11H2,1-4H3. The molecule has 1 aliphatic rings. The van der Waals surface area contributed by atoms with Crippen LogP contribution in [0.15, 0.2) is 15.5 Å². The summed E-state index contributed by atoms with van der Waals surface area (Å²) in [6.07, 6.45) is 1.92. The Morgan fingerprint density at radius 3 is 2.59 bits per heavy atom. The topological polar surface area (TPSA) is 68.2 Å². The average molecular weight is 560 g/mol. The molecule has 0 fully saturated rings. The minimum atomic E-state index is -0.448. The lowest BCUT2D eigenvalue weighted by atomic mass is 9.72. The molecule has 0 N–H and O–H groups in total. The zero-order valence-electron chi connectivity index (χ0n) is 16.1. The van der Waals surface area contributed by atoms with E-state index in [-0.39, 0.29) is 24.1 Å². The van der Waals surface area contributed by atoms with Crippen molar-refractivity contribution >= 4 is 38.5 Å². The largest absolute Gasteiger partial charge is 0.491 e. The van der Waals surface area contributed by atoms with Gasteiger partial charge in [-0.1, -0.05) is 29.5 Å². The Morgan fingerprint density at radius 1 is 1.26 bits per heavy atom. The van der Waals surface area contributed by atoms with E-state index in [1.165, 1.54) is 7.11 Å². The van der Waals surface area contributed by atoms with Crippen LogP contribution in [0.25, 0.3) is 0 Å². The van der Waals surface area contributed by atoms with E-state index < -0.39 is 11.5 Å². The van der Waals surface area contributed by atoms with Crippen molar-refractivity contribution in [3.8, 4) is 5.75 Å². The molecule has 3 atom stereocenters. The lowest BCUT2D eigenvalue weighted by Gasteiger charge is -2.48. The van der Waals surface area contributed by atoms with Gasteiger partial charge in [0.2, 0.25) is 5.43 Å². The summed E-state index contributed by atoms with van der Waals surface area (Å²) in [6.45, 7) is 3.99. The molecule has 2 rings (SSSR count). The number of rotatable bonds is 10. The van der Waals surface area contributed by atoms with Crippen LogP contribution in [-0.4, -0.2) is 56.4 Å². The maximum absolute atomic E-state index is 12.6. The zero-order valence-corrected chi connectivity index (χ0v) is 19.9. The van der Waals surface area contributed by atoms with Crippen molar-refractivity contribution < 1.29 is 23.7 Å². The van der Waals surface area contributed by atoms with Gasteiger partial charge in [0.25, 0.3) is 0 Å². The summed E-state index contributed by atoms with van der Waals surface area (Å²) in [5.74, 6) is 0.279. The minimum Gasteiger partial charge on any atom is -0.491 e. The Morgan fingerprint density at radius 2 is 2.00 bits per heavy atom. The molecule has 0 aromatic carbocycles. The fourth-order valence-corrected chi connectivity index (χ4v) is 4.24. The molecule has 0 saturated heterocycles. The van der Waals surface area contributed by atoms with E-state index >= 15 is 0 Å². The van der Waals surface area contributed by atoms with Crippen molar-refractivity contribution in [1.29, 1.82) is 0 Å². The molecule has 0 spiro atoms. The molecule has 3 unspecified atom stereocenters. The summed E-state index contributed by atoms with van der Waals surface area (Å²) in [7, 11) is 4.75. The SMILES string of the molecule is COCCC1(C)C(OCCI)Cn2cc(Br)c(=O)c(OC)c2C1OCOC. The van der Waals surface area contributed by atoms with E-state index in [4.69, 9.17) is 23.7 Å². The van der Waals surface area contributed by atoms with Crippen LogP contribution in [0.3, 0.4) is 0 Å². The van der Waals surface area contributed by atoms with Gasteiger partial charge in [0.1, 0.15) is 12.9 Å². The molecule has 27 heavy (non-hydrogen) atoms. The fraction of sp³-hybridized carbons (Fsp3) is 0.722. The van der Waals surface area contributed by atoms with Gasteiger partial charge in [-0.05, 0) is 22.4 Å². The second-order valence-electron chi connectivity index (χ2n) is 6.63. The molecule has 154 valence electrons. The molecule has 9 heteroatoms. The van der Waals surface area contributed by atoms with Crippen molar-refractivity contribution in [3.05, 3.63) is 26.6 Å². The van der Waals surface area contributed by atoms with Gasteiger partial charge in [-0.25, -0.2) is 0 Å². The molecule has 1 aromatic heterocycles. The van der Waals surface area contributed by atoms with E-state index in [9.17, 15) is 4.79 Å². The minimum absolute atomic E-state index is 0.0969. The first-order valence-corrected chi connectivity index (χ1v) is 11.0. The smallest absolute Gasteiger partial charge is 0.237 e. The lowest BCUT2D eigenvalue weighted by molar-refractivity contribution is -0.181. The predicted octanol–water partition coefficient (Wildman–Crippen LogP) is 3.16. The van der Waals surface area contributed by atoms with Crippen molar-refractivity contribution in [2.24, 2.45) is 5.41 Å². The van der Waals surface area contributed by atoms with Crippen molar-refractivity contribution in [2.75, 3.05) is 45.8 Å². The molecule has 2 heterocycles. The molecule has 1 aromatic rings. The number of ether oxygens (including phenoxy) is 5. The number of nitrogens with zero attached hydrogens (tertiary/aromatic N) is 1. The summed E-state index contributed by atoms with van der Waals surface area (Å²) in [4.78, 5) is 12.6. The molecule has 1 aliphatic heterocycles. The van der Waals surface area contributed by atoms with Crippen LogP contribution in [0.5, 0.6) is 5.75 Å². The van der Waals surface area contributed by atoms with Gasteiger partial charge in [0.15, 0.2) is 5.75 Å². The summed E-state index contributed by atoms with van der Waals surface area (Å²) >= 11 is 5.64. The third-order valence-corrected chi connectivity index (χ3v) is 5.98.